The molecule has 1 aliphatic rings. The monoisotopic (exact) mass is 278 g/mol. The quantitative estimate of drug-likeness (QED) is 0.806. The number of hydrogen-bond donors (Lipinski definition) is 0. The van der Waals surface area contributed by atoms with Crippen LogP contribution in [0.15, 0.2) is 48.5 Å². The molecule has 0 saturated heterocycles. The van der Waals surface area contributed by atoms with Gasteiger partial charge < -0.3 is 9.64 Å². The normalized spacial score (nSPS) is 17.4. The molecule has 104 valence electrons. The smallest absolute Gasteiger partial charge is 0.268 e. The molecule has 0 spiro atoms. The van der Waals surface area contributed by atoms with Crippen LogP contribution in [0.3, 0.4) is 0 Å². The van der Waals surface area contributed by atoms with E-state index in [2.05, 4.69) is 6.07 Å². The molecule has 1 unspecified atom stereocenters. The molecule has 1 amide bonds. The molecule has 1 aliphatic heterocycles. The number of fused-ring (bicyclic) bond motifs is 1. The van der Waals surface area contributed by atoms with E-state index in [9.17, 15) is 4.79 Å². The Morgan fingerprint density at radius 3 is 2.86 bits per heavy atom. The summed E-state index contributed by atoms with van der Waals surface area (Å²) in [6, 6.07) is 16.8. The fraction of sp³-hybridized carbons (Fsp3) is 0.176. The number of nitriles is 1. The van der Waals surface area contributed by atoms with Crippen molar-refractivity contribution in [2.75, 3.05) is 4.90 Å². The summed E-state index contributed by atoms with van der Waals surface area (Å²) < 4.78 is 5.72. The lowest BCUT2D eigenvalue weighted by Gasteiger charge is -2.22. The molecule has 0 aromatic heterocycles. The highest BCUT2D eigenvalue weighted by Gasteiger charge is 2.28. The summed E-state index contributed by atoms with van der Waals surface area (Å²) in [5.74, 6) is 0.624. The van der Waals surface area contributed by atoms with Crippen molar-refractivity contribution in [3.8, 4) is 11.8 Å². The van der Waals surface area contributed by atoms with Gasteiger partial charge in [0.1, 0.15) is 5.75 Å². The highest BCUT2D eigenvalue weighted by atomic mass is 16.5. The molecular formula is C17H14N2O2. The summed E-state index contributed by atoms with van der Waals surface area (Å²) in [5.41, 5.74) is 2.20. The van der Waals surface area contributed by atoms with Gasteiger partial charge in [-0.2, -0.15) is 5.26 Å². The van der Waals surface area contributed by atoms with Crippen LogP contribution in [0.2, 0.25) is 0 Å². The Labute approximate surface area is 123 Å². The average molecular weight is 278 g/mol. The van der Waals surface area contributed by atoms with E-state index in [-0.39, 0.29) is 5.91 Å². The number of carbonyl (C=O) groups is 1. The Morgan fingerprint density at radius 2 is 2.05 bits per heavy atom. The molecule has 0 aliphatic carbocycles. The van der Waals surface area contributed by atoms with Gasteiger partial charge in [-0.05, 0) is 31.2 Å². The first-order valence-electron chi connectivity index (χ1n) is 6.75. The molecule has 0 radical (unpaired) electrons. The predicted octanol–water partition coefficient (Wildman–Crippen LogP) is 2.87. The van der Waals surface area contributed by atoms with Gasteiger partial charge in [0.25, 0.3) is 5.91 Å². The van der Waals surface area contributed by atoms with E-state index in [1.54, 1.807) is 30.0 Å². The van der Waals surface area contributed by atoms with Gasteiger partial charge >= 0.3 is 0 Å². The van der Waals surface area contributed by atoms with E-state index in [0.29, 0.717) is 17.8 Å². The van der Waals surface area contributed by atoms with Crippen LogP contribution >= 0.6 is 0 Å². The first-order valence-corrected chi connectivity index (χ1v) is 6.75. The van der Waals surface area contributed by atoms with E-state index in [4.69, 9.17) is 10.00 Å². The van der Waals surface area contributed by atoms with Crippen LogP contribution < -0.4 is 9.64 Å². The van der Waals surface area contributed by atoms with Crippen molar-refractivity contribution in [1.82, 2.24) is 0 Å². The highest BCUT2D eigenvalue weighted by molar-refractivity contribution is 5.97. The molecular weight excluding hydrogens is 264 g/mol. The van der Waals surface area contributed by atoms with Crippen molar-refractivity contribution in [2.24, 2.45) is 0 Å². The number of amides is 1. The number of hydrogen-bond acceptors (Lipinski definition) is 3. The van der Waals surface area contributed by atoms with Crippen LogP contribution in [0, 0.1) is 11.3 Å². The third-order valence-electron chi connectivity index (χ3n) is 3.51. The number of nitrogens with zero attached hydrogens (tertiary/aromatic N) is 2. The molecule has 4 nitrogen and oxygen atoms in total. The number of rotatable bonds is 1. The molecule has 0 bridgehead atoms. The summed E-state index contributed by atoms with van der Waals surface area (Å²) >= 11 is 0. The second kappa shape index (κ2) is 5.29. The van der Waals surface area contributed by atoms with Crippen LogP contribution in [0.5, 0.6) is 5.75 Å². The van der Waals surface area contributed by atoms with Gasteiger partial charge in [0.05, 0.1) is 18.2 Å². The van der Waals surface area contributed by atoms with E-state index in [1.165, 1.54) is 0 Å². The van der Waals surface area contributed by atoms with Gasteiger partial charge in [-0.25, -0.2) is 0 Å². The second-order valence-corrected chi connectivity index (χ2v) is 4.95. The summed E-state index contributed by atoms with van der Waals surface area (Å²) in [6.45, 7) is 2.18. The van der Waals surface area contributed by atoms with E-state index in [1.807, 2.05) is 30.3 Å². The van der Waals surface area contributed by atoms with Crippen LogP contribution in [0.1, 0.15) is 18.1 Å². The highest BCUT2D eigenvalue weighted by Crippen LogP contribution is 2.28. The third kappa shape index (κ3) is 2.46. The Bertz CT molecular complexity index is 734. The van der Waals surface area contributed by atoms with Gasteiger partial charge in [0.2, 0.25) is 0 Å². The van der Waals surface area contributed by atoms with Crippen molar-refractivity contribution < 1.29 is 9.53 Å². The standard InChI is InChI=1S/C17H14N2O2/c1-12-17(20)19(15-7-4-5-13(9-15)10-18)11-14-6-2-3-8-16(14)21-12/h2-9,12H,11H2,1H3. The summed E-state index contributed by atoms with van der Waals surface area (Å²) in [5, 5.41) is 9.01. The molecule has 0 N–H and O–H groups in total. The Morgan fingerprint density at radius 1 is 1.24 bits per heavy atom. The Balaban J connectivity index is 2.05. The minimum absolute atomic E-state index is 0.110. The number of carbonyl (C=O) groups excluding carboxylic acids is 1. The lowest BCUT2D eigenvalue weighted by Crippen LogP contribution is -2.38. The van der Waals surface area contributed by atoms with Crippen LogP contribution in [0.25, 0.3) is 0 Å². The van der Waals surface area contributed by atoms with Gasteiger partial charge in [-0.1, -0.05) is 24.3 Å². The largest absolute Gasteiger partial charge is 0.481 e. The maximum absolute atomic E-state index is 12.5. The zero-order chi connectivity index (χ0) is 14.8. The Kier molecular flexibility index (Phi) is 3.33. The van der Waals surface area contributed by atoms with Crippen molar-refractivity contribution in [1.29, 1.82) is 5.26 Å². The molecule has 0 saturated carbocycles. The molecule has 21 heavy (non-hydrogen) atoms. The molecule has 0 fully saturated rings. The topological polar surface area (TPSA) is 53.3 Å². The number of ether oxygens (including phenoxy) is 1. The maximum Gasteiger partial charge on any atom is 0.268 e. The number of para-hydroxylation sites is 1. The molecule has 1 heterocycles. The molecule has 2 aromatic carbocycles. The van der Waals surface area contributed by atoms with Crippen molar-refractivity contribution in [2.45, 2.75) is 19.6 Å². The van der Waals surface area contributed by atoms with Gasteiger partial charge in [0, 0.05) is 11.3 Å². The summed E-state index contributed by atoms with van der Waals surface area (Å²) in [4.78, 5) is 14.2. The lowest BCUT2D eigenvalue weighted by atomic mass is 10.1. The van der Waals surface area contributed by atoms with Crippen molar-refractivity contribution >= 4 is 11.6 Å². The third-order valence-corrected chi connectivity index (χ3v) is 3.51. The number of benzene rings is 2. The zero-order valence-electron chi connectivity index (χ0n) is 11.6. The van der Waals surface area contributed by atoms with Gasteiger partial charge in [-0.3, -0.25) is 4.79 Å². The minimum Gasteiger partial charge on any atom is -0.481 e. The fourth-order valence-electron chi connectivity index (χ4n) is 2.42. The van der Waals surface area contributed by atoms with Crippen molar-refractivity contribution in [3.63, 3.8) is 0 Å². The van der Waals surface area contributed by atoms with Gasteiger partial charge in [0.15, 0.2) is 6.10 Å². The van der Waals surface area contributed by atoms with E-state index >= 15 is 0 Å². The fourth-order valence-corrected chi connectivity index (χ4v) is 2.42. The van der Waals surface area contributed by atoms with E-state index < -0.39 is 6.10 Å². The number of anilines is 1. The maximum atomic E-state index is 12.5. The molecule has 4 heteroatoms. The predicted molar refractivity (Wildman–Crippen MR) is 78.9 cm³/mol. The first kappa shape index (κ1) is 13.2. The molecule has 1 atom stereocenters. The molecule has 3 rings (SSSR count). The summed E-state index contributed by atoms with van der Waals surface area (Å²) in [6.07, 6.45) is -0.556. The molecule has 2 aromatic rings. The van der Waals surface area contributed by atoms with Crippen LogP contribution in [-0.4, -0.2) is 12.0 Å². The lowest BCUT2D eigenvalue weighted by molar-refractivity contribution is -0.124. The van der Waals surface area contributed by atoms with Crippen molar-refractivity contribution in [3.05, 3.63) is 59.7 Å². The Hall–Kier alpha value is -2.80. The van der Waals surface area contributed by atoms with Crippen LogP contribution in [-0.2, 0) is 11.3 Å². The zero-order valence-corrected chi connectivity index (χ0v) is 11.6. The second-order valence-electron chi connectivity index (χ2n) is 4.95. The van der Waals surface area contributed by atoms with Gasteiger partial charge in [-0.15, -0.1) is 0 Å². The summed E-state index contributed by atoms with van der Waals surface area (Å²) in [7, 11) is 0. The van der Waals surface area contributed by atoms with E-state index in [0.717, 1.165) is 11.3 Å². The first-order chi connectivity index (χ1) is 10.2. The minimum atomic E-state index is -0.556. The SMILES string of the molecule is CC1Oc2ccccc2CN(c2cccc(C#N)c2)C1=O. The average Bonchev–Trinajstić information content (AvgIpc) is 2.65. The van der Waals surface area contributed by atoms with Crippen LogP contribution in [0.4, 0.5) is 5.69 Å².